The van der Waals surface area contributed by atoms with Gasteiger partial charge >= 0.3 is 0 Å². The molecule has 5 nitrogen and oxygen atoms in total. The van der Waals surface area contributed by atoms with Crippen molar-refractivity contribution in [2.45, 2.75) is 19.9 Å². The van der Waals surface area contributed by atoms with Crippen molar-refractivity contribution in [3.05, 3.63) is 29.8 Å². The van der Waals surface area contributed by atoms with E-state index in [4.69, 9.17) is 5.26 Å². The van der Waals surface area contributed by atoms with Crippen molar-refractivity contribution in [2.24, 2.45) is 0 Å². The first-order valence-electron chi connectivity index (χ1n) is 7.41. The molecule has 112 valence electrons. The van der Waals surface area contributed by atoms with Crippen LogP contribution in [0.3, 0.4) is 0 Å². The Labute approximate surface area is 126 Å². The van der Waals surface area contributed by atoms with E-state index in [1.807, 2.05) is 6.92 Å². The molecule has 21 heavy (non-hydrogen) atoms. The summed E-state index contributed by atoms with van der Waals surface area (Å²) < 4.78 is 0. The number of hydrogen-bond acceptors (Lipinski definition) is 4. The van der Waals surface area contributed by atoms with Gasteiger partial charge in [0.2, 0.25) is 5.91 Å². The second-order valence-corrected chi connectivity index (χ2v) is 5.32. The first-order chi connectivity index (χ1) is 10.1. The molecule has 1 heterocycles. The number of benzene rings is 1. The van der Waals surface area contributed by atoms with Crippen molar-refractivity contribution in [3.8, 4) is 6.07 Å². The number of carbonyl (C=O) groups excluding carboxylic acids is 1. The topological polar surface area (TPSA) is 59.4 Å². The SMILES string of the molecule is CCN1CCN([C@@H](C)C(=O)Nc2ccc(C#N)cc2)CC1. The Balaban J connectivity index is 1.89. The smallest absolute Gasteiger partial charge is 0.241 e. The summed E-state index contributed by atoms with van der Waals surface area (Å²) in [5.74, 6) is 0.00431. The van der Waals surface area contributed by atoms with Crippen LogP contribution in [0.25, 0.3) is 0 Å². The maximum Gasteiger partial charge on any atom is 0.241 e. The second kappa shape index (κ2) is 7.21. The van der Waals surface area contributed by atoms with Gasteiger partial charge in [0.05, 0.1) is 17.7 Å². The second-order valence-electron chi connectivity index (χ2n) is 5.32. The van der Waals surface area contributed by atoms with Crippen molar-refractivity contribution in [1.82, 2.24) is 9.80 Å². The molecule has 0 spiro atoms. The van der Waals surface area contributed by atoms with Crippen LogP contribution in [0.5, 0.6) is 0 Å². The number of amides is 1. The molecule has 0 bridgehead atoms. The highest BCUT2D eigenvalue weighted by molar-refractivity contribution is 5.94. The fourth-order valence-corrected chi connectivity index (χ4v) is 2.51. The average Bonchev–Trinajstić information content (AvgIpc) is 2.55. The molecule has 0 radical (unpaired) electrons. The molecule has 0 saturated carbocycles. The van der Waals surface area contributed by atoms with Crippen LogP contribution >= 0.6 is 0 Å². The van der Waals surface area contributed by atoms with E-state index in [0.29, 0.717) is 5.56 Å². The van der Waals surface area contributed by atoms with E-state index in [2.05, 4.69) is 28.1 Å². The van der Waals surface area contributed by atoms with E-state index in [1.54, 1.807) is 24.3 Å². The van der Waals surface area contributed by atoms with E-state index >= 15 is 0 Å². The van der Waals surface area contributed by atoms with E-state index in [1.165, 1.54) is 0 Å². The van der Waals surface area contributed by atoms with Crippen LogP contribution < -0.4 is 5.32 Å². The fraction of sp³-hybridized carbons (Fsp3) is 0.500. The van der Waals surface area contributed by atoms with Gasteiger partial charge in [-0.1, -0.05) is 6.92 Å². The zero-order valence-corrected chi connectivity index (χ0v) is 12.7. The van der Waals surface area contributed by atoms with E-state index in [0.717, 1.165) is 38.4 Å². The number of anilines is 1. The van der Waals surface area contributed by atoms with Crippen LogP contribution in [0, 0.1) is 11.3 Å². The number of nitrogens with one attached hydrogen (secondary N) is 1. The van der Waals surface area contributed by atoms with Crippen LogP contribution in [0.2, 0.25) is 0 Å². The number of nitrogens with zero attached hydrogens (tertiary/aromatic N) is 3. The van der Waals surface area contributed by atoms with Crippen LogP contribution in [-0.2, 0) is 4.79 Å². The summed E-state index contributed by atoms with van der Waals surface area (Å²) in [7, 11) is 0. The normalized spacial score (nSPS) is 18.0. The van der Waals surface area contributed by atoms with Gasteiger partial charge in [0, 0.05) is 31.9 Å². The van der Waals surface area contributed by atoms with Crippen LogP contribution in [-0.4, -0.2) is 54.5 Å². The number of carbonyl (C=O) groups is 1. The van der Waals surface area contributed by atoms with Crippen molar-refractivity contribution >= 4 is 11.6 Å². The summed E-state index contributed by atoms with van der Waals surface area (Å²) >= 11 is 0. The Morgan fingerprint density at radius 2 is 1.90 bits per heavy atom. The Morgan fingerprint density at radius 1 is 1.29 bits per heavy atom. The molecule has 1 aromatic rings. The molecule has 1 aliphatic rings. The number of rotatable bonds is 4. The minimum Gasteiger partial charge on any atom is -0.325 e. The van der Waals surface area contributed by atoms with Crippen LogP contribution in [0.15, 0.2) is 24.3 Å². The third-order valence-electron chi connectivity index (χ3n) is 4.06. The van der Waals surface area contributed by atoms with E-state index in [9.17, 15) is 4.79 Å². The molecule has 0 aromatic heterocycles. The number of piperazine rings is 1. The summed E-state index contributed by atoms with van der Waals surface area (Å²) in [5.41, 5.74) is 1.33. The molecular weight excluding hydrogens is 264 g/mol. The lowest BCUT2D eigenvalue weighted by Crippen LogP contribution is -2.52. The number of hydrogen-bond donors (Lipinski definition) is 1. The van der Waals surface area contributed by atoms with Crippen molar-refractivity contribution in [2.75, 3.05) is 38.0 Å². The first kappa shape index (κ1) is 15.5. The monoisotopic (exact) mass is 286 g/mol. The Kier molecular flexibility index (Phi) is 5.32. The van der Waals surface area contributed by atoms with Crippen molar-refractivity contribution < 1.29 is 4.79 Å². The third-order valence-corrected chi connectivity index (χ3v) is 4.06. The summed E-state index contributed by atoms with van der Waals surface area (Å²) in [5, 5.41) is 11.7. The molecule has 1 N–H and O–H groups in total. The molecule has 1 amide bonds. The quantitative estimate of drug-likeness (QED) is 0.912. The molecule has 1 fully saturated rings. The highest BCUT2D eigenvalue weighted by Gasteiger charge is 2.24. The average molecular weight is 286 g/mol. The van der Waals surface area contributed by atoms with Gasteiger partial charge in [-0.25, -0.2) is 0 Å². The molecule has 1 aliphatic heterocycles. The van der Waals surface area contributed by atoms with Crippen LogP contribution in [0.1, 0.15) is 19.4 Å². The lowest BCUT2D eigenvalue weighted by atomic mass is 10.2. The minimum absolute atomic E-state index is 0.00431. The molecule has 2 rings (SSSR count). The van der Waals surface area contributed by atoms with Gasteiger partial charge in [0.25, 0.3) is 0 Å². The maximum atomic E-state index is 12.3. The minimum atomic E-state index is -0.139. The van der Waals surface area contributed by atoms with Gasteiger partial charge < -0.3 is 10.2 Å². The summed E-state index contributed by atoms with van der Waals surface area (Å²) in [6.07, 6.45) is 0. The largest absolute Gasteiger partial charge is 0.325 e. The molecule has 1 aromatic carbocycles. The van der Waals surface area contributed by atoms with Crippen LogP contribution in [0.4, 0.5) is 5.69 Å². The predicted molar refractivity (Wildman–Crippen MR) is 82.9 cm³/mol. The number of likely N-dealkylation sites (N-methyl/N-ethyl adjacent to an activating group) is 1. The zero-order valence-electron chi connectivity index (χ0n) is 12.7. The highest BCUT2D eigenvalue weighted by atomic mass is 16.2. The Morgan fingerprint density at radius 3 is 2.43 bits per heavy atom. The summed E-state index contributed by atoms with van der Waals surface area (Å²) in [4.78, 5) is 16.9. The van der Waals surface area contributed by atoms with Gasteiger partial charge in [0.1, 0.15) is 0 Å². The maximum absolute atomic E-state index is 12.3. The lowest BCUT2D eigenvalue weighted by Gasteiger charge is -2.36. The molecule has 0 unspecified atom stereocenters. The van der Waals surface area contributed by atoms with Gasteiger partial charge in [0.15, 0.2) is 0 Å². The Bertz CT molecular complexity index is 512. The summed E-state index contributed by atoms with van der Waals surface area (Å²) in [6.45, 7) is 9.07. The van der Waals surface area contributed by atoms with Gasteiger partial charge in [-0.3, -0.25) is 9.69 Å². The fourth-order valence-electron chi connectivity index (χ4n) is 2.51. The van der Waals surface area contributed by atoms with Gasteiger partial charge in [-0.05, 0) is 37.7 Å². The van der Waals surface area contributed by atoms with E-state index in [-0.39, 0.29) is 11.9 Å². The van der Waals surface area contributed by atoms with Gasteiger partial charge in [-0.15, -0.1) is 0 Å². The molecular formula is C16H22N4O. The molecule has 0 aliphatic carbocycles. The first-order valence-corrected chi connectivity index (χ1v) is 7.41. The third kappa shape index (κ3) is 4.03. The predicted octanol–water partition coefficient (Wildman–Crippen LogP) is 1.52. The standard InChI is InChI=1S/C16H22N4O/c1-3-19-8-10-20(11-9-19)13(2)16(21)18-15-6-4-14(12-17)5-7-15/h4-7,13H,3,8-11H2,1-2H3,(H,18,21)/t13-/m0/s1. The summed E-state index contributed by atoms with van der Waals surface area (Å²) in [6, 6.07) is 8.87. The number of nitriles is 1. The van der Waals surface area contributed by atoms with Gasteiger partial charge in [-0.2, -0.15) is 5.26 Å². The van der Waals surface area contributed by atoms with Crippen molar-refractivity contribution in [3.63, 3.8) is 0 Å². The lowest BCUT2D eigenvalue weighted by molar-refractivity contribution is -0.121. The molecule has 1 atom stereocenters. The zero-order chi connectivity index (χ0) is 15.2. The highest BCUT2D eigenvalue weighted by Crippen LogP contribution is 2.12. The van der Waals surface area contributed by atoms with Crippen molar-refractivity contribution in [1.29, 1.82) is 5.26 Å². The van der Waals surface area contributed by atoms with E-state index < -0.39 is 0 Å². The molecule has 5 heteroatoms. The molecule has 1 saturated heterocycles. The Hall–Kier alpha value is -1.90.